The van der Waals surface area contributed by atoms with Crippen LogP contribution in [0.1, 0.15) is 39.1 Å². The first kappa shape index (κ1) is 19.0. The third-order valence-electron chi connectivity index (χ3n) is 4.95. The van der Waals surface area contributed by atoms with Crippen molar-refractivity contribution in [3.63, 3.8) is 0 Å². The van der Waals surface area contributed by atoms with Gasteiger partial charge in [-0.1, -0.05) is 18.2 Å². The molecule has 5 nitrogen and oxygen atoms in total. The molecule has 27 heavy (non-hydrogen) atoms. The normalized spacial score (nSPS) is 17.5. The van der Waals surface area contributed by atoms with E-state index in [9.17, 15) is 19.1 Å². The van der Waals surface area contributed by atoms with E-state index >= 15 is 0 Å². The van der Waals surface area contributed by atoms with Gasteiger partial charge >= 0.3 is 5.97 Å². The number of carboxylic acid groups (broad SMARTS) is 1. The molecule has 1 saturated heterocycles. The summed E-state index contributed by atoms with van der Waals surface area (Å²) in [5.74, 6) is -1.71. The number of carboxylic acids is 1. The first-order valence-corrected chi connectivity index (χ1v) is 8.91. The van der Waals surface area contributed by atoms with Crippen molar-refractivity contribution in [2.24, 2.45) is 5.92 Å². The molecule has 0 bridgehead atoms. The minimum Gasteiger partial charge on any atom is -0.494 e. The van der Waals surface area contributed by atoms with Gasteiger partial charge in [0.25, 0.3) is 0 Å². The summed E-state index contributed by atoms with van der Waals surface area (Å²) in [6.45, 7) is 1.80. The number of rotatable bonds is 6. The molecule has 0 aromatic heterocycles. The molecule has 1 aliphatic heterocycles. The van der Waals surface area contributed by atoms with Gasteiger partial charge in [-0.05, 0) is 49.2 Å². The lowest BCUT2D eigenvalue weighted by Crippen LogP contribution is -2.38. The predicted octanol–water partition coefficient (Wildman–Crippen LogP) is 3.63. The molecule has 2 aromatic carbocycles. The van der Waals surface area contributed by atoms with Crippen molar-refractivity contribution in [2.75, 3.05) is 20.2 Å². The van der Waals surface area contributed by atoms with Crippen LogP contribution in [0.5, 0.6) is 5.75 Å². The highest BCUT2D eigenvalue weighted by Gasteiger charge is 2.27. The second-order valence-electron chi connectivity index (χ2n) is 6.75. The van der Waals surface area contributed by atoms with Crippen molar-refractivity contribution >= 4 is 11.8 Å². The van der Waals surface area contributed by atoms with Crippen LogP contribution in [0.2, 0.25) is 0 Å². The molecule has 0 aliphatic carbocycles. The summed E-state index contributed by atoms with van der Waals surface area (Å²) < 4.78 is 18.8. The topological polar surface area (TPSA) is 66.8 Å². The van der Waals surface area contributed by atoms with Gasteiger partial charge in [0.05, 0.1) is 12.7 Å². The number of hydrogen-bond acceptors (Lipinski definition) is 4. The summed E-state index contributed by atoms with van der Waals surface area (Å²) >= 11 is 0. The zero-order valence-corrected chi connectivity index (χ0v) is 15.2. The number of carbonyl (C=O) groups excluding carboxylic acids is 1. The van der Waals surface area contributed by atoms with E-state index in [0.717, 1.165) is 24.9 Å². The van der Waals surface area contributed by atoms with Crippen LogP contribution < -0.4 is 4.74 Å². The van der Waals surface area contributed by atoms with Crippen molar-refractivity contribution in [3.8, 4) is 5.75 Å². The fourth-order valence-electron chi connectivity index (χ4n) is 3.58. The molecular weight excluding hydrogens is 349 g/mol. The van der Waals surface area contributed by atoms with Crippen LogP contribution in [-0.4, -0.2) is 42.0 Å². The summed E-state index contributed by atoms with van der Waals surface area (Å²) in [5.41, 5.74) is 1.35. The molecule has 1 atom stereocenters. The van der Waals surface area contributed by atoms with E-state index in [-0.39, 0.29) is 23.0 Å². The maximum Gasteiger partial charge on any atom is 0.336 e. The van der Waals surface area contributed by atoms with Gasteiger partial charge in [-0.2, -0.15) is 0 Å². The average molecular weight is 371 g/mol. The molecule has 1 fully saturated rings. The number of piperidine rings is 1. The number of Topliss-reactive ketones (excluding diaryl/α,β-unsaturated/α-hetero) is 1. The van der Waals surface area contributed by atoms with E-state index in [1.54, 1.807) is 24.3 Å². The molecule has 0 saturated carbocycles. The Bertz CT molecular complexity index is 852. The first-order valence-electron chi connectivity index (χ1n) is 8.91. The van der Waals surface area contributed by atoms with E-state index in [2.05, 4.69) is 4.90 Å². The van der Waals surface area contributed by atoms with Crippen molar-refractivity contribution in [2.45, 2.75) is 19.4 Å². The smallest absolute Gasteiger partial charge is 0.336 e. The molecule has 2 aromatic rings. The predicted molar refractivity (Wildman–Crippen MR) is 98.7 cm³/mol. The third kappa shape index (κ3) is 4.34. The summed E-state index contributed by atoms with van der Waals surface area (Å²) in [5, 5.41) is 9.33. The Balaban J connectivity index is 1.72. The highest BCUT2D eigenvalue weighted by atomic mass is 19.1. The second kappa shape index (κ2) is 8.31. The Morgan fingerprint density at radius 2 is 2.04 bits per heavy atom. The fourth-order valence-corrected chi connectivity index (χ4v) is 3.58. The monoisotopic (exact) mass is 371 g/mol. The van der Waals surface area contributed by atoms with Crippen molar-refractivity contribution in [1.29, 1.82) is 0 Å². The molecule has 142 valence electrons. The van der Waals surface area contributed by atoms with Crippen LogP contribution in [0, 0.1) is 11.7 Å². The number of ketones is 1. The summed E-state index contributed by atoms with van der Waals surface area (Å²) in [6.07, 6.45) is 1.58. The zero-order valence-electron chi connectivity index (χ0n) is 15.2. The van der Waals surface area contributed by atoms with E-state index < -0.39 is 11.8 Å². The van der Waals surface area contributed by atoms with Gasteiger partial charge in [-0.15, -0.1) is 0 Å². The lowest BCUT2D eigenvalue weighted by atomic mass is 9.89. The van der Waals surface area contributed by atoms with E-state index in [1.165, 1.54) is 19.2 Å². The Hall–Kier alpha value is -2.73. The van der Waals surface area contributed by atoms with Gasteiger partial charge in [0.1, 0.15) is 0 Å². The van der Waals surface area contributed by atoms with Crippen LogP contribution >= 0.6 is 0 Å². The molecular formula is C21H22FNO4. The summed E-state index contributed by atoms with van der Waals surface area (Å²) in [7, 11) is 1.38. The van der Waals surface area contributed by atoms with Gasteiger partial charge in [0, 0.05) is 24.6 Å². The molecule has 1 unspecified atom stereocenters. The Morgan fingerprint density at radius 3 is 2.74 bits per heavy atom. The SMILES string of the molecule is COc1ccc(C(=O)C2CCCN(Cc3ccccc3C(=O)O)C2)cc1F. The molecule has 1 N–H and O–H groups in total. The lowest BCUT2D eigenvalue weighted by Gasteiger charge is -2.32. The lowest BCUT2D eigenvalue weighted by molar-refractivity contribution is 0.0689. The number of nitrogens with zero attached hydrogens (tertiary/aromatic N) is 1. The Kier molecular flexibility index (Phi) is 5.86. The number of hydrogen-bond donors (Lipinski definition) is 1. The molecule has 1 heterocycles. The number of likely N-dealkylation sites (tertiary alicyclic amines) is 1. The van der Waals surface area contributed by atoms with Gasteiger partial charge in [0.15, 0.2) is 17.3 Å². The molecule has 0 amide bonds. The van der Waals surface area contributed by atoms with Crippen molar-refractivity contribution in [3.05, 3.63) is 65.0 Å². The Labute approximate surface area is 157 Å². The summed E-state index contributed by atoms with van der Waals surface area (Å²) in [4.78, 5) is 26.3. The van der Waals surface area contributed by atoms with Crippen LogP contribution in [0.25, 0.3) is 0 Å². The first-order chi connectivity index (χ1) is 13.0. The number of ether oxygens (including phenoxy) is 1. The van der Waals surface area contributed by atoms with E-state index in [1.807, 2.05) is 6.07 Å². The average Bonchev–Trinajstić information content (AvgIpc) is 2.68. The van der Waals surface area contributed by atoms with Gasteiger partial charge < -0.3 is 9.84 Å². The van der Waals surface area contributed by atoms with Crippen molar-refractivity contribution in [1.82, 2.24) is 4.90 Å². The number of methoxy groups -OCH3 is 1. The number of benzene rings is 2. The molecule has 0 spiro atoms. The third-order valence-corrected chi connectivity index (χ3v) is 4.95. The highest BCUT2D eigenvalue weighted by molar-refractivity contribution is 5.98. The molecule has 1 aliphatic rings. The van der Waals surface area contributed by atoms with Gasteiger partial charge in [0.2, 0.25) is 0 Å². The molecule has 6 heteroatoms. The van der Waals surface area contributed by atoms with Gasteiger partial charge in [-0.3, -0.25) is 9.69 Å². The number of carbonyl (C=O) groups is 2. The fraction of sp³-hybridized carbons (Fsp3) is 0.333. The number of halogens is 1. The second-order valence-corrected chi connectivity index (χ2v) is 6.75. The van der Waals surface area contributed by atoms with E-state index in [0.29, 0.717) is 18.7 Å². The van der Waals surface area contributed by atoms with Crippen LogP contribution in [0.3, 0.4) is 0 Å². The molecule has 0 radical (unpaired) electrons. The minimum absolute atomic E-state index is 0.0900. The molecule has 3 rings (SSSR count). The van der Waals surface area contributed by atoms with Crippen molar-refractivity contribution < 1.29 is 23.8 Å². The minimum atomic E-state index is -0.955. The van der Waals surface area contributed by atoms with Crippen LogP contribution in [0.15, 0.2) is 42.5 Å². The maximum absolute atomic E-state index is 13.9. The van der Waals surface area contributed by atoms with Crippen LogP contribution in [0.4, 0.5) is 4.39 Å². The van der Waals surface area contributed by atoms with Gasteiger partial charge in [-0.25, -0.2) is 9.18 Å². The highest BCUT2D eigenvalue weighted by Crippen LogP contribution is 2.25. The standard InChI is InChI=1S/C21H22FNO4/c1-27-19-9-8-14(11-18(19)22)20(24)16-6-4-10-23(13-16)12-15-5-2-3-7-17(15)21(25)26/h2-3,5,7-9,11,16H,4,6,10,12-13H2,1H3,(H,25,26). The quantitative estimate of drug-likeness (QED) is 0.786. The number of aromatic carboxylic acids is 1. The summed E-state index contributed by atoms with van der Waals surface area (Å²) in [6, 6.07) is 11.2. The van der Waals surface area contributed by atoms with E-state index in [4.69, 9.17) is 4.74 Å². The zero-order chi connectivity index (χ0) is 19.4. The Morgan fingerprint density at radius 1 is 1.26 bits per heavy atom. The largest absolute Gasteiger partial charge is 0.494 e. The van der Waals surface area contributed by atoms with Crippen LogP contribution in [-0.2, 0) is 6.54 Å². The maximum atomic E-state index is 13.9.